The van der Waals surface area contributed by atoms with Crippen molar-refractivity contribution >= 4 is 5.78 Å². The molecule has 0 N–H and O–H groups in total. The van der Waals surface area contributed by atoms with Crippen LogP contribution in [-0.4, -0.2) is 12.4 Å². The molecule has 92 valence electrons. The molecule has 0 amide bonds. The Hall–Kier alpha value is -1.31. The SMILES string of the molecule is Cc1ccc(C)c(OCCC(=O)C2CC2)c1C. The zero-order valence-corrected chi connectivity index (χ0v) is 10.9. The van der Waals surface area contributed by atoms with Gasteiger partial charge in [-0.25, -0.2) is 0 Å². The number of aryl methyl sites for hydroxylation is 2. The van der Waals surface area contributed by atoms with E-state index in [0.717, 1.165) is 24.2 Å². The van der Waals surface area contributed by atoms with E-state index in [9.17, 15) is 4.79 Å². The molecule has 1 aromatic carbocycles. The van der Waals surface area contributed by atoms with Gasteiger partial charge in [-0.3, -0.25) is 4.79 Å². The summed E-state index contributed by atoms with van der Waals surface area (Å²) in [4.78, 5) is 11.6. The van der Waals surface area contributed by atoms with E-state index in [1.165, 1.54) is 11.1 Å². The van der Waals surface area contributed by atoms with Crippen LogP contribution in [0.15, 0.2) is 12.1 Å². The molecule has 0 unspecified atom stereocenters. The fourth-order valence-corrected chi connectivity index (χ4v) is 2.01. The predicted molar refractivity (Wildman–Crippen MR) is 68.5 cm³/mol. The molecule has 2 nitrogen and oxygen atoms in total. The van der Waals surface area contributed by atoms with Gasteiger partial charge in [0.05, 0.1) is 6.61 Å². The summed E-state index contributed by atoms with van der Waals surface area (Å²) in [7, 11) is 0. The highest BCUT2D eigenvalue weighted by Crippen LogP contribution is 2.31. The largest absolute Gasteiger partial charge is 0.493 e. The Labute approximate surface area is 103 Å². The Balaban J connectivity index is 1.93. The van der Waals surface area contributed by atoms with E-state index in [1.54, 1.807) is 0 Å². The molecule has 0 atom stereocenters. The quantitative estimate of drug-likeness (QED) is 0.778. The van der Waals surface area contributed by atoms with Gasteiger partial charge >= 0.3 is 0 Å². The van der Waals surface area contributed by atoms with Crippen molar-refractivity contribution in [2.45, 2.75) is 40.0 Å². The number of ether oxygens (including phenoxy) is 1. The summed E-state index contributed by atoms with van der Waals surface area (Å²) in [5.74, 6) is 1.67. The van der Waals surface area contributed by atoms with Crippen molar-refractivity contribution in [1.82, 2.24) is 0 Å². The summed E-state index contributed by atoms with van der Waals surface area (Å²) >= 11 is 0. The molecular weight excluding hydrogens is 212 g/mol. The molecule has 0 aliphatic heterocycles. The second kappa shape index (κ2) is 4.91. The Morgan fingerprint density at radius 1 is 1.24 bits per heavy atom. The number of benzene rings is 1. The molecule has 1 aliphatic carbocycles. The predicted octanol–water partition coefficient (Wildman–Crippen LogP) is 3.36. The molecule has 2 rings (SSSR count). The Morgan fingerprint density at radius 2 is 1.88 bits per heavy atom. The Morgan fingerprint density at radius 3 is 2.53 bits per heavy atom. The summed E-state index contributed by atoms with van der Waals surface area (Å²) in [5.41, 5.74) is 3.56. The van der Waals surface area contributed by atoms with Gasteiger partial charge in [-0.05, 0) is 50.3 Å². The highest BCUT2D eigenvalue weighted by Gasteiger charge is 2.28. The molecule has 0 bridgehead atoms. The van der Waals surface area contributed by atoms with Gasteiger partial charge in [-0.2, -0.15) is 0 Å². The van der Waals surface area contributed by atoms with E-state index in [-0.39, 0.29) is 0 Å². The first-order chi connectivity index (χ1) is 8.09. The van der Waals surface area contributed by atoms with E-state index in [0.29, 0.717) is 24.7 Å². The lowest BCUT2D eigenvalue weighted by atomic mass is 10.1. The molecule has 2 heteroatoms. The summed E-state index contributed by atoms with van der Waals surface area (Å²) < 4.78 is 5.78. The van der Waals surface area contributed by atoms with Gasteiger partial charge in [0.1, 0.15) is 11.5 Å². The van der Waals surface area contributed by atoms with E-state index in [4.69, 9.17) is 4.74 Å². The van der Waals surface area contributed by atoms with Gasteiger partial charge in [0.2, 0.25) is 0 Å². The minimum absolute atomic E-state index is 0.346. The maximum absolute atomic E-state index is 11.6. The molecule has 0 aromatic heterocycles. The van der Waals surface area contributed by atoms with Crippen LogP contribution in [0.5, 0.6) is 5.75 Å². The number of Topliss-reactive ketones (excluding diaryl/α,β-unsaturated/α-hetero) is 1. The van der Waals surface area contributed by atoms with Crippen LogP contribution in [0.3, 0.4) is 0 Å². The van der Waals surface area contributed by atoms with Gasteiger partial charge in [-0.15, -0.1) is 0 Å². The van der Waals surface area contributed by atoms with Crippen LogP contribution >= 0.6 is 0 Å². The van der Waals surface area contributed by atoms with Crippen LogP contribution in [0.25, 0.3) is 0 Å². The molecule has 1 saturated carbocycles. The van der Waals surface area contributed by atoms with Crippen LogP contribution < -0.4 is 4.74 Å². The van der Waals surface area contributed by atoms with E-state index >= 15 is 0 Å². The van der Waals surface area contributed by atoms with Crippen LogP contribution in [0.4, 0.5) is 0 Å². The van der Waals surface area contributed by atoms with Crippen molar-refractivity contribution in [3.8, 4) is 5.75 Å². The third kappa shape index (κ3) is 2.87. The average Bonchev–Trinajstić information content (AvgIpc) is 3.12. The molecule has 0 radical (unpaired) electrons. The first-order valence-corrected chi connectivity index (χ1v) is 6.32. The maximum atomic E-state index is 11.6. The molecule has 1 fully saturated rings. The lowest BCUT2D eigenvalue weighted by Gasteiger charge is -2.13. The van der Waals surface area contributed by atoms with Gasteiger partial charge < -0.3 is 4.74 Å². The summed E-state index contributed by atoms with van der Waals surface area (Å²) in [6.45, 7) is 6.71. The topological polar surface area (TPSA) is 26.3 Å². The van der Waals surface area contributed by atoms with Gasteiger partial charge in [0.25, 0.3) is 0 Å². The van der Waals surface area contributed by atoms with Crippen molar-refractivity contribution in [1.29, 1.82) is 0 Å². The standard InChI is InChI=1S/C15H20O2/c1-10-4-5-11(2)15(12(10)3)17-9-8-14(16)13-6-7-13/h4-5,13H,6-9H2,1-3H3. The summed E-state index contributed by atoms with van der Waals surface area (Å²) in [5, 5.41) is 0. The summed E-state index contributed by atoms with van der Waals surface area (Å²) in [6.07, 6.45) is 2.72. The first-order valence-electron chi connectivity index (χ1n) is 6.32. The molecule has 1 aliphatic rings. The second-order valence-electron chi connectivity index (χ2n) is 4.99. The number of rotatable bonds is 5. The minimum Gasteiger partial charge on any atom is -0.493 e. The average molecular weight is 232 g/mol. The number of ketones is 1. The smallest absolute Gasteiger partial charge is 0.139 e. The van der Waals surface area contributed by atoms with Gasteiger partial charge in [0, 0.05) is 12.3 Å². The van der Waals surface area contributed by atoms with Crippen molar-refractivity contribution in [2.24, 2.45) is 5.92 Å². The van der Waals surface area contributed by atoms with E-state index in [1.807, 2.05) is 6.92 Å². The molecular formula is C15H20O2. The number of hydrogen-bond donors (Lipinski definition) is 0. The van der Waals surface area contributed by atoms with Crippen molar-refractivity contribution in [2.75, 3.05) is 6.61 Å². The Bertz CT molecular complexity index is 431. The molecule has 0 spiro atoms. The molecule has 17 heavy (non-hydrogen) atoms. The zero-order valence-electron chi connectivity index (χ0n) is 10.9. The highest BCUT2D eigenvalue weighted by molar-refractivity contribution is 5.83. The number of carbonyl (C=O) groups excluding carboxylic acids is 1. The monoisotopic (exact) mass is 232 g/mol. The number of carbonyl (C=O) groups is 1. The van der Waals surface area contributed by atoms with E-state index in [2.05, 4.69) is 26.0 Å². The maximum Gasteiger partial charge on any atom is 0.139 e. The van der Waals surface area contributed by atoms with Crippen LogP contribution in [0.1, 0.15) is 36.0 Å². The fraction of sp³-hybridized carbons (Fsp3) is 0.533. The van der Waals surface area contributed by atoms with Gasteiger partial charge in [0.15, 0.2) is 0 Å². The van der Waals surface area contributed by atoms with Crippen molar-refractivity contribution < 1.29 is 9.53 Å². The van der Waals surface area contributed by atoms with Crippen LogP contribution in [-0.2, 0) is 4.79 Å². The molecule has 0 saturated heterocycles. The second-order valence-corrected chi connectivity index (χ2v) is 4.99. The normalized spacial score (nSPS) is 14.8. The summed E-state index contributed by atoms with van der Waals surface area (Å²) in [6, 6.07) is 4.17. The van der Waals surface area contributed by atoms with Crippen LogP contribution in [0, 0.1) is 26.7 Å². The fourth-order valence-electron chi connectivity index (χ4n) is 2.01. The lowest BCUT2D eigenvalue weighted by molar-refractivity contribution is -0.120. The lowest BCUT2D eigenvalue weighted by Crippen LogP contribution is -2.09. The number of hydrogen-bond acceptors (Lipinski definition) is 2. The first kappa shape index (κ1) is 12.2. The molecule has 1 aromatic rings. The van der Waals surface area contributed by atoms with Crippen molar-refractivity contribution in [3.63, 3.8) is 0 Å². The molecule has 0 heterocycles. The highest BCUT2D eigenvalue weighted by atomic mass is 16.5. The third-order valence-corrected chi connectivity index (χ3v) is 3.50. The minimum atomic E-state index is 0.346. The van der Waals surface area contributed by atoms with Crippen LogP contribution in [0.2, 0.25) is 0 Å². The van der Waals surface area contributed by atoms with E-state index < -0.39 is 0 Å². The third-order valence-electron chi connectivity index (χ3n) is 3.50. The van der Waals surface area contributed by atoms with Crippen molar-refractivity contribution in [3.05, 3.63) is 28.8 Å². The van der Waals surface area contributed by atoms with Gasteiger partial charge in [-0.1, -0.05) is 12.1 Å². The Kier molecular flexibility index (Phi) is 3.51. The zero-order chi connectivity index (χ0) is 12.4.